The Morgan fingerprint density at radius 3 is 2.94 bits per heavy atom. The minimum atomic E-state index is -0.0325. The van der Waals surface area contributed by atoms with Gasteiger partial charge in [-0.3, -0.25) is 14.5 Å². The van der Waals surface area contributed by atoms with E-state index < -0.39 is 0 Å². The smallest absolute Gasteiger partial charge is 0.189 e. The van der Waals surface area contributed by atoms with E-state index in [1.807, 2.05) is 12.1 Å². The summed E-state index contributed by atoms with van der Waals surface area (Å²) in [5.74, 6) is 0.469. The average Bonchev–Trinajstić information content (AvgIpc) is 2.71. The second kappa shape index (κ2) is 4.78. The first-order chi connectivity index (χ1) is 8.22. The van der Waals surface area contributed by atoms with Gasteiger partial charge in [0.25, 0.3) is 0 Å². The van der Waals surface area contributed by atoms with Crippen LogP contribution in [-0.4, -0.2) is 27.7 Å². The maximum Gasteiger partial charge on any atom is 0.189 e. The van der Waals surface area contributed by atoms with Crippen molar-refractivity contribution in [2.24, 2.45) is 7.05 Å². The van der Waals surface area contributed by atoms with Gasteiger partial charge in [0, 0.05) is 25.9 Å². The van der Waals surface area contributed by atoms with Crippen molar-refractivity contribution in [2.75, 3.05) is 7.11 Å². The van der Waals surface area contributed by atoms with Crippen LogP contribution in [0, 0.1) is 0 Å². The third kappa shape index (κ3) is 2.33. The van der Waals surface area contributed by atoms with Gasteiger partial charge in [0.1, 0.15) is 5.69 Å². The predicted octanol–water partition coefficient (Wildman–Crippen LogP) is 1.25. The summed E-state index contributed by atoms with van der Waals surface area (Å²) in [6, 6.07) is 3.68. The van der Waals surface area contributed by atoms with Crippen LogP contribution >= 0.6 is 0 Å². The predicted molar refractivity (Wildman–Crippen MR) is 62.0 cm³/mol. The van der Waals surface area contributed by atoms with Crippen LogP contribution in [0.5, 0.6) is 5.75 Å². The minimum Gasteiger partial charge on any atom is -0.493 e. The summed E-state index contributed by atoms with van der Waals surface area (Å²) in [4.78, 5) is 16.1. The third-order valence-electron chi connectivity index (χ3n) is 2.48. The molecule has 0 N–H and O–H groups in total. The van der Waals surface area contributed by atoms with Crippen molar-refractivity contribution in [1.82, 2.24) is 14.8 Å². The van der Waals surface area contributed by atoms with E-state index in [1.165, 1.54) is 18.0 Å². The van der Waals surface area contributed by atoms with Crippen LogP contribution in [0.3, 0.4) is 0 Å². The van der Waals surface area contributed by atoms with Gasteiger partial charge in [0.15, 0.2) is 11.5 Å². The Kier molecular flexibility index (Phi) is 3.18. The Morgan fingerprint density at radius 1 is 1.47 bits per heavy atom. The Morgan fingerprint density at radius 2 is 2.29 bits per heavy atom. The number of aromatic nitrogens is 3. The number of carbonyl (C=O) groups is 1. The molecule has 0 aliphatic carbocycles. The third-order valence-corrected chi connectivity index (χ3v) is 2.48. The second-order valence-corrected chi connectivity index (χ2v) is 3.65. The highest BCUT2D eigenvalue weighted by Gasteiger charge is 2.17. The quantitative estimate of drug-likeness (QED) is 0.743. The van der Waals surface area contributed by atoms with E-state index in [-0.39, 0.29) is 5.78 Å². The molecule has 0 aliphatic rings. The van der Waals surface area contributed by atoms with Crippen LogP contribution in [-0.2, 0) is 13.5 Å². The van der Waals surface area contributed by atoms with Crippen molar-refractivity contribution in [1.29, 1.82) is 0 Å². The lowest BCUT2D eigenvalue weighted by atomic mass is 10.1. The molecule has 0 amide bonds. The van der Waals surface area contributed by atoms with E-state index in [0.717, 1.165) is 5.56 Å². The molecule has 0 unspecified atom stereocenters. The number of nitrogens with zero attached hydrogens (tertiary/aromatic N) is 3. The topological polar surface area (TPSA) is 57.0 Å². The van der Waals surface area contributed by atoms with Gasteiger partial charge in [-0.15, -0.1) is 0 Å². The zero-order valence-corrected chi connectivity index (χ0v) is 9.75. The van der Waals surface area contributed by atoms with Gasteiger partial charge in [-0.05, 0) is 11.6 Å². The summed E-state index contributed by atoms with van der Waals surface area (Å²) in [5.41, 5.74) is 1.36. The molecule has 0 atom stereocenters. The molecule has 0 fully saturated rings. The average molecular weight is 231 g/mol. The number of ether oxygens (including phenoxy) is 1. The Hall–Kier alpha value is -2.17. The summed E-state index contributed by atoms with van der Waals surface area (Å²) in [6.07, 6.45) is 5.19. The molecule has 88 valence electrons. The number of ketones is 1. The van der Waals surface area contributed by atoms with Crippen LogP contribution in [0.1, 0.15) is 16.1 Å². The van der Waals surface area contributed by atoms with Crippen LogP contribution in [0.4, 0.5) is 0 Å². The number of pyridine rings is 1. The lowest BCUT2D eigenvalue weighted by Gasteiger charge is -2.04. The van der Waals surface area contributed by atoms with Crippen molar-refractivity contribution in [2.45, 2.75) is 6.42 Å². The van der Waals surface area contributed by atoms with Crippen LogP contribution < -0.4 is 4.74 Å². The van der Waals surface area contributed by atoms with Crippen molar-refractivity contribution in [3.05, 3.63) is 42.0 Å². The second-order valence-electron chi connectivity index (χ2n) is 3.65. The minimum absolute atomic E-state index is 0.0325. The fourth-order valence-electron chi connectivity index (χ4n) is 1.66. The molecule has 0 saturated carbocycles. The van der Waals surface area contributed by atoms with Crippen molar-refractivity contribution in [3.8, 4) is 5.75 Å². The van der Waals surface area contributed by atoms with Crippen molar-refractivity contribution < 1.29 is 9.53 Å². The maximum atomic E-state index is 12.1. The molecule has 0 spiro atoms. The van der Waals surface area contributed by atoms with Gasteiger partial charge >= 0.3 is 0 Å². The van der Waals surface area contributed by atoms with Gasteiger partial charge in [0.05, 0.1) is 13.3 Å². The van der Waals surface area contributed by atoms with Gasteiger partial charge in [-0.2, -0.15) is 5.10 Å². The van der Waals surface area contributed by atoms with Gasteiger partial charge in [-0.1, -0.05) is 6.07 Å². The monoisotopic (exact) mass is 231 g/mol. The molecule has 2 aromatic rings. The Labute approximate surface area is 99.1 Å². The lowest BCUT2D eigenvalue weighted by Crippen LogP contribution is -2.11. The molecule has 0 saturated heterocycles. The molecule has 0 aliphatic heterocycles. The number of aryl methyl sites for hydroxylation is 1. The lowest BCUT2D eigenvalue weighted by molar-refractivity contribution is 0.0981. The molecule has 2 rings (SSSR count). The standard InChI is InChI=1S/C12H13N3O2/c1-15-12(11(17-2)8-14-15)10(16)6-9-4-3-5-13-7-9/h3-5,7-8H,6H2,1-2H3. The molecule has 2 aromatic heterocycles. The molecule has 17 heavy (non-hydrogen) atoms. The van der Waals surface area contributed by atoms with Crippen LogP contribution in [0.15, 0.2) is 30.7 Å². The number of rotatable bonds is 4. The van der Waals surface area contributed by atoms with E-state index in [1.54, 1.807) is 19.4 Å². The zero-order chi connectivity index (χ0) is 12.3. The summed E-state index contributed by atoms with van der Waals surface area (Å²) in [7, 11) is 3.25. The van der Waals surface area contributed by atoms with Gasteiger partial charge in [-0.25, -0.2) is 0 Å². The maximum absolute atomic E-state index is 12.1. The number of hydrogen-bond donors (Lipinski definition) is 0. The van der Waals surface area contributed by atoms with E-state index in [9.17, 15) is 4.79 Å². The van der Waals surface area contributed by atoms with E-state index in [4.69, 9.17) is 4.74 Å². The largest absolute Gasteiger partial charge is 0.493 e. The van der Waals surface area contributed by atoms with E-state index in [2.05, 4.69) is 10.1 Å². The Bertz CT molecular complexity index is 520. The first-order valence-corrected chi connectivity index (χ1v) is 5.20. The molecule has 5 heteroatoms. The van der Waals surface area contributed by atoms with Crippen LogP contribution in [0.25, 0.3) is 0 Å². The van der Waals surface area contributed by atoms with Crippen molar-refractivity contribution >= 4 is 5.78 Å². The number of hydrogen-bond acceptors (Lipinski definition) is 4. The molecule has 5 nitrogen and oxygen atoms in total. The molecular weight excluding hydrogens is 218 g/mol. The van der Waals surface area contributed by atoms with Gasteiger partial charge in [0.2, 0.25) is 0 Å². The fraction of sp³-hybridized carbons (Fsp3) is 0.250. The first kappa shape index (κ1) is 11.3. The molecule has 0 bridgehead atoms. The van der Waals surface area contributed by atoms with Crippen LogP contribution in [0.2, 0.25) is 0 Å². The summed E-state index contributed by atoms with van der Waals surface area (Å²) in [6.45, 7) is 0. The molecular formula is C12H13N3O2. The Balaban J connectivity index is 2.23. The highest BCUT2D eigenvalue weighted by atomic mass is 16.5. The summed E-state index contributed by atoms with van der Waals surface area (Å²) in [5, 5.41) is 4.01. The SMILES string of the molecule is COc1cnn(C)c1C(=O)Cc1cccnc1. The fourth-order valence-corrected chi connectivity index (χ4v) is 1.66. The van der Waals surface area contributed by atoms with E-state index in [0.29, 0.717) is 17.9 Å². The number of methoxy groups -OCH3 is 1. The number of Topliss-reactive ketones (excluding diaryl/α,β-unsaturated/α-hetero) is 1. The highest BCUT2D eigenvalue weighted by Crippen LogP contribution is 2.18. The first-order valence-electron chi connectivity index (χ1n) is 5.20. The zero-order valence-electron chi connectivity index (χ0n) is 9.75. The summed E-state index contributed by atoms with van der Waals surface area (Å²) < 4.78 is 6.63. The normalized spacial score (nSPS) is 10.2. The number of carbonyl (C=O) groups excluding carboxylic acids is 1. The molecule has 0 radical (unpaired) electrons. The molecule has 2 heterocycles. The van der Waals surface area contributed by atoms with Crippen molar-refractivity contribution in [3.63, 3.8) is 0 Å². The van der Waals surface area contributed by atoms with Gasteiger partial charge < -0.3 is 4.74 Å². The molecule has 0 aromatic carbocycles. The highest BCUT2D eigenvalue weighted by molar-refractivity contribution is 5.98. The van der Waals surface area contributed by atoms with E-state index >= 15 is 0 Å². The summed E-state index contributed by atoms with van der Waals surface area (Å²) >= 11 is 0.